The third-order valence-electron chi connectivity index (χ3n) is 4.99. The summed E-state index contributed by atoms with van der Waals surface area (Å²) in [5.41, 5.74) is 0.965. The number of alkyl halides is 3. The highest BCUT2D eigenvalue weighted by molar-refractivity contribution is 7.17. The summed E-state index contributed by atoms with van der Waals surface area (Å²) in [5, 5.41) is 5.90. The Balaban J connectivity index is 1.58. The minimum absolute atomic E-state index is 0.0452. The number of amides is 1. The molecule has 4 rings (SSSR count). The van der Waals surface area contributed by atoms with Gasteiger partial charge in [-0.3, -0.25) is 14.6 Å². The molecule has 0 unspecified atom stereocenters. The molecule has 1 saturated heterocycles. The average molecular weight is 411 g/mol. The monoisotopic (exact) mass is 411 g/mol. The largest absolute Gasteiger partial charge is 0.391 e. The molecule has 1 N–H and O–H groups in total. The summed E-state index contributed by atoms with van der Waals surface area (Å²) in [6.45, 7) is 1.74. The Hall–Kier alpha value is -2.69. The minimum atomic E-state index is -4.23. The summed E-state index contributed by atoms with van der Waals surface area (Å²) >= 11 is 1.28. The van der Waals surface area contributed by atoms with Crippen LogP contribution in [0.2, 0.25) is 0 Å². The van der Waals surface area contributed by atoms with Crippen molar-refractivity contribution in [2.45, 2.75) is 25.9 Å². The zero-order valence-electron chi connectivity index (χ0n) is 14.8. The summed E-state index contributed by atoms with van der Waals surface area (Å²) in [6.07, 6.45) is -3.09. The summed E-state index contributed by atoms with van der Waals surface area (Å²) in [6, 6.07) is 1.72. The van der Waals surface area contributed by atoms with E-state index in [4.69, 9.17) is 0 Å². The molecule has 0 spiro atoms. The second-order valence-electron chi connectivity index (χ2n) is 6.69. The molecule has 7 nitrogen and oxygen atoms in total. The van der Waals surface area contributed by atoms with Gasteiger partial charge >= 0.3 is 6.18 Å². The maximum Gasteiger partial charge on any atom is 0.391 e. The molecule has 0 radical (unpaired) electrons. The molecule has 1 amide bonds. The van der Waals surface area contributed by atoms with E-state index in [0.717, 1.165) is 0 Å². The molecule has 4 heterocycles. The van der Waals surface area contributed by atoms with Crippen molar-refractivity contribution >= 4 is 27.5 Å². The Morgan fingerprint density at radius 3 is 2.71 bits per heavy atom. The van der Waals surface area contributed by atoms with Gasteiger partial charge in [-0.1, -0.05) is 0 Å². The lowest BCUT2D eigenvalue weighted by atomic mass is 9.96. The number of aromatic nitrogens is 4. The molecule has 1 fully saturated rings. The topological polar surface area (TPSA) is 83.9 Å². The Morgan fingerprint density at radius 1 is 1.32 bits per heavy atom. The van der Waals surface area contributed by atoms with Gasteiger partial charge in [0.15, 0.2) is 0 Å². The normalized spacial score (nSPS) is 16.1. The number of rotatable bonds is 2. The SMILES string of the molecule is Cc1c(C(=O)N2CCC(C(F)(F)F)CC2)cnn1-c1nc2ccsc2c(=O)[nH]1. The molecule has 11 heteroatoms. The number of aromatic amines is 1. The Kier molecular flexibility index (Phi) is 4.48. The number of halogens is 3. The number of nitrogens with zero attached hydrogens (tertiary/aromatic N) is 4. The third-order valence-corrected chi connectivity index (χ3v) is 5.89. The highest BCUT2D eigenvalue weighted by Crippen LogP contribution is 2.34. The van der Waals surface area contributed by atoms with Crippen LogP contribution >= 0.6 is 11.3 Å². The fourth-order valence-electron chi connectivity index (χ4n) is 3.37. The Bertz CT molecular complexity index is 1090. The van der Waals surface area contributed by atoms with E-state index in [9.17, 15) is 22.8 Å². The highest BCUT2D eigenvalue weighted by Gasteiger charge is 2.42. The zero-order chi connectivity index (χ0) is 20.1. The molecule has 1 aliphatic rings. The molecule has 148 valence electrons. The van der Waals surface area contributed by atoms with Gasteiger partial charge in [0.2, 0.25) is 5.95 Å². The molecular formula is C17H16F3N5O2S. The van der Waals surface area contributed by atoms with E-state index < -0.39 is 12.1 Å². The van der Waals surface area contributed by atoms with Crippen molar-refractivity contribution in [3.8, 4) is 5.95 Å². The summed E-state index contributed by atoms with van der Waals surface area (Å²) in [5.74, 6) is -1.56. The summed E-state index contributed by atoms with van der Waals surface area (Å²) in [4.78, 5) is 33.3. The molecule has 0 atom stereocenters. The predicted octanol–water partition coefficient (Wildman–Crippen LogP) is 2.89. The van der Waals surface area contributed by atoms with Crippen LogP contribution < -0.4 is 5.56 Å². The third kappa shape index (κ3) is 3.19. The maximum absolute atomic E-state index is 12.8. The fraction of sp³-hybridized carbons (Fsp3) is 0.412. The number of hydrogen-bond acceptors (Lipinski definition) is 5. The second-order valence-corrected chi connectivity index (χ2v) is 7.60. The molecular weight excluding hydrogens is 395 g/mol. The zero-order valence-corrected chi connectivity index (χ0v) is 15.6. The molecule has 0 bridgehead atoms. The van der Waals surface area contributed by atoms with Gasteiger partial charge in [0.1, 0.15) is 4.70 Å². The first kappa shape index (κ1) is 18.7. The standard InChI is InChI=1S/C17H16F3N5O2S/c1-9-11(15(27)24-5-2-10(3-6-24)17(18,19)20)8-21-25(9)16-22-12-4-7-28-13(12)14(26)23-16/h4,7-8,10H,2-3,5-6H2,1H3,(H,22,23,26). The first-order chi connectivity index (χ1) is 13.3. The number of carbonyl (C=O) groups excluding carboxylic acids is 1. The number of carbonyl (C=O) groups is 1. The molecule has 1 aliphatic heterocycles. The van der Waals surface area contributed by atoms with Gasteiger partial charge in [-0.15, -0.1) is 11.3 Å². The summed E-state index contributed by atoms with van der Waals surface area (Å²) in [7, 11) is 0. The van der Waals surface area contributed by atoms with E-state index in [-0.39, 0.29) is 48.9 Å². The van der Waals surface area contributed by atoms with Gasteiger partial charge in [0, 0.05) is 13.1 Å². The predicted molar refractivity (Wildman–Crippen MR) is 96.8 cm³/mol. The number of nitrogens with one attached hydrogen (secondary N) is 1. The lowest BCUT2D eigenvalue weighted by Gasteiger charge is -2.32. The molecule has 0 aromatic carbocycles. The molecule has 0 saturated carbocycles. The molecule has 28 heavy (non-hydrogen) atoms. The van der Waals surface area contributed by atoms with Crippen molar-refractivity contribution in [1.82, 2.24) is 24.6 Å². The van der Waals surface area contributed by atoms with Crippen LogP contribution in [0.1, 0.15) is 28.9 Å². The van der Waals surface area contributed by atoms with E-state index in [1.165, 1.54) is 27.1 Å². The number of piperidine rings is 1. The fourth-order valence-corrected chi connectivity index (χ4v) is 4.10. The van der Waals surface area contributed by atoms with Crippen LogP contribution in [0.3, 0.4) is 0 Å². The first-order valence-electron chi connectivity index (χ1n) is 8.64. The van der Waals surface area contributed by atoms with Crippen molar-refractivity contribution in [2.24, 2.45) is 5.92 Å². The Labute approximate surface area is 160 Å². The van der Waals surface area contributed by atoms with E-state index in [0.29, 0.717) is 15.9 Å². The van der Waals surface area contributed by atoms with Crippen LogP contribution in [-0.2, 0) is 0 Å². The maximum atomic E-state index is 12.8. The van der Waals surface area contributed by atoms with Crippen LogP contribution in [-0.4, -0.2) is 49.8 Å². The second kappa shape index (κ2) is 6.73. The van der Waals surface area contributed by atoms with Crippen molar-refractivity contribution in [1.29, 1.82) is 0 Å². The number of hydrogen-bond donors (Lipinski definition) is 1. The van der Waals surface area contributed by atoms with Gasteiger partial charge in [-0.05, 0) is 31.2 Å². The van der Waals surface area contributed by atoms with Gasteiger partial charge in [0.05, 0.1) is 28.9 Å². The van der Waals surface area contributed by atoms with E-state index in [1.54, 1.807) is 18.4 Å². The van der Waals surface area contributed by atoms with Crippen LogP contribution in [0.5, 0.6) is 0 Å². The van der Waals surface area contributed by atoms with Crippen molar-refractivity contribution in [2.75, 3.05) is 13.1 Å². The van der Waals surface area contributed by atoms with Crippen LogP contribution in [0.15, 0.2) is 22.4 Å². The van der Waals surface area contributed by atoms with Gasteiger partial charge in [-0.2, -0.15) is 18.3 Å². The smallest absolute Gasteiger partial charge is 0.339 e. The lowest BCUT2D eigenvalue weighted by Crippen LogP contribution is -2.42. The number of H-pyrrole nitrogens is 1. The van der Waals surface area contributed by atoms with E-state index in [1.807, 2.05) is 0 Å². The van der Waals surface area contributed by atoms with E-state index in [2.05, 4.69) is 15.1 Å². The van der Waals surface area contributed by atoms with Crippen LogP contribution in [0.25, 0.3) is 16.2 Å². The first-order valence-corrected chi connectivity index (χ1v) is 9.52. The number of likely N-dealkylation sites (tertiary alicyclic amines) is 1. The molecule has 0 aliphatic carbocycles. The van der Waals surface area contributed by atoms with Gasteiger partial charge in [0.25, 0.3) is 11.5 Å². The Morgan fingerprint density at radius 2 is 2.04 bits per heavy atom. The molecule has 3 aromatic rings. The van der Waals surface area contributed by atoms with Crippen molar-refractivity contribution < 1.29 is 18.0 Å². The summed E-state index contributed by atoms with van der Waals surface area (Å²) < 4.78 is 40.3. The van der Waals surface area contributed by atoms with Crippen LogP contribution in [0, 0.1) is 12.8 Å². The van der Waals surface area contributed by atoms with Crippen molar-refractivity contribution in [3.05, 3.63) is 39.3 Å². The lowest BCUT2D eigenvalue weighted by molar-refractivity contribution is -0.183. The van der Waals surface area contributed by atoms with Gasteiger partial charge in [-0.25, -0.2) is 9.67 Å². The average Bonchev–Trinajstić information content (AvgIpc) is 3.27. The van der Waals surface area contributed by atoms with E-state index >= 15 is 0 Å². The van der Waals surface area contributed by atoms with Crippen LogP contribution in [0.4, 0.5) is 13.2 Å². The molecule has 3 aromatic heterocycles. The van der Waals surface area contributed by atoms with Crippen molar-refractivity contribution in [3.63, 3.8) is 0 Å². The number of thiophene rings is 1. The number of fused-ring (bicyclic) bond motifs is 1. The minimum Gasteiger partial charge on any atom is -0.339 e. The van der Waals surface area contributed by atoms with Gasteiger partial charge < -0.3 is 4.90 Å². The quantitative estimate of drug-likeness (QED) is 0.703. The highest BCUT2D eigenvalue weighted by atomic mass is 32.1.